The van der Waals surface area contributed by atoms with E-state index in [1.165, 1.54) is 0 Å². The van der Waals surface area contributed by atoms with Crippen LogP contribution in [0.3, 0.4) is 0 Å². The second-order valence-electron chi connectivity index (χ2n) is 6.61. The molecule has 0 aliphatic heterocycles. The Hall–Kier alpha value is -1.49. The molecule has 2 aliphatic carbocycles. The lowest BCUT2D eigenvalue weighted by molar-refractivity contribution is -0.129. The lowest BCUT2D eigenvalue weighted by atomic mass is 9.82. The number of unbranched alkanes of at least 4 members (excludes halogenated alkanes) is 2. The monoisotopic (exact) mass is 372 g/mol. The number of hydrogen-bond acceptors (Lipinski definition) is 2. The molecule has 1 aromatic carbocycles. The van der Waals surface area contributed by atoms with Gasteiger partial charge in [0.2, 0.25) is 0 Å². The van der Waals surface area contributed by atoms with Crippen LogP contribution < -0.4 is 4.74 Å². The first kappa shape index (κ1) is 18.3. The van der Waals surface area contributed by atoms with Crippen molar-refractivity contribution in [2.24, 2.45) is 5.92 Å². The van der Waals surface area contributed by atoms with Gasteiger partial charge in [-0.1, -0.05) is 37.4 Å². The van der Waals surface area contributed by atoms with Gasteiger partial charge in [-0.05, 0) is 47.9 Å². The molecule has 0 saturated carbocycles. The molecule has 0 aromatic heterocycles. The lowest BCUT2D eigenvalue weighted by Gasteiger charge is -2.24. The quantitative estimate of drug-likeness (QED) is 0.614. The van der Waals surface area contributed by atoms with E-state index in [4.69, 9.17) is 16.3 Å². The number of ketones is 1. The van der Waals surface area contributed by atoms with E-state index in [2.05, 4.69) is 6.92 Å². The Morgan fingerprint density at radius 2 is 2.04 bits per heavy atom. The van der Waals surface area contributed by atoms with Crippen LogP contribution in [-0.2, 0) is 11.2 Å². The van der Waals surface area contributed by atoms with Gasteiger partial charge in [-0.25, -0.2) is 0 Å². The number of carbonyl (C=O) groups excluding carboxylic acids is 1. The van der Waals surface area contributed by atoms with Crippen molar-refractivity contribution < 1.29 is 22.7 Å². The summed E-state index contributed by atoms with van der Waals surface area (Å²) in [5.41, 5.74) is 0.260. The summed E-state index contributed by atoms with van der Waals surface area (Å²) in [6.07, 6.45) is -0.790. The third-order valence-electron chi connectivity index (χ3n) is 4.91. The number of halogens is 4. The minimum Gasteiger partial charge on any atom is -0.492 e. The van der Waals surface area contributed by atoms with E-state index in [1.807, 2.05) is 0 Å². The molecule has 2 aliphatic rings. The molecule has 0 radical (unpaired) electrons. The summed E-state index contributed by atoms with van der Waals surface area (Å²) in [6.45, 7) is 2.63. The van der Waals surface area contributed by atoms with Crippen LogP contribution in [0.5, 0.6) is 5.75 Å². The fraction of sp³-hybridized carbons (Fsp3) is 0.526. The first-order valence-electron chi connectivity index (χ1n) is 8.63. The van der Waals surface area contributed by atoms with Crippen LogP contribution >= 0.6 is 11.6 Å². The molecule has 0 heterocycles. The number of allylic oxidation sites excluding steroid dienone is 2. The summed E-state index contributed by atoms with van der Waals surface area (Å²) >= 11 is 6.42. The standard InChI is InChI=1S/C19H20ClF3O2/c1-2-3-4-9-25-15-8-6-12-13(18(15)20)10-11-5-7-14(24)17(16(11)12)19(21,22)23/h6,8,11H,2-5,7,9-10H2,1H3. The first-order valence-corrected chi connectivity index (χ1v) is 9.01. The van der Waals surface area contributed by atoms with E-state index in [1.54, 1.807) is 12.1 Å². The average Bonchev–Trinajstić information content (AvgIpc) is 2.91. The van der Waals surface area contributed by atoms with E-state index in [9.17, 15) is 18.0 Å². The topological polar surface area (TPSA) is 26.3 Å². The number of fused-ring (bicyclic) bond motifs is 3. The maximum absolute atomic E-state index is 13.4. The van der Waals surface area contributed by atoms with E-state index in [0.717, 1.165) is 19.3 Å². The number of Topliss-reactive ketones (excluding diaryl/α,β-unsaturated/α-hetero) is 1. The molecule has 2 nitrogen and oxygen atoms in total. The lowest BCUT2D eigenvalue weighted by Crippen LogP contribution is -2.27. The molecule has 0 bridgehead atoms. The summed E-state index contributed by atoms with van der Waals surface area (Å²) in [5.74, 6) is -0.601. The highest BCUT2D eigenvalue weighted by molar-refractivity contribution is 6.33. The minimum absolute atomic E-state index is 0.0605. The molecule has 0 saturated heterocycles. The van der Waals surface area contributed by atoms with Crippen molar-refractivity contribution in [2.75, 3.05) is 6.61 Å². The van der Waals surface area contributed by atoms with Gasteiger partial charge in [0.25, 0.3) is 0 Å². The summed E-state index contributed by atoms with van der Waals surface area (Å²) in [5, 5.41) is 0.380. The Balaban J connectivity index is 1.98. The molecular formula is C19H20ClF3O2. The normalized spacial score (nSPS) is 19.9. The molecule has 25 heavy (non-hydrogen) atoms. The number of rotatable bonds is 5. The van der Waals surface area contributed by atoms with Gasteiger partial charge < -0.3 is 4.74 Å². The molecule has 1 atom stereocenters. The average molecular weight is 373 g/mol. The largest absolute Gasteiger partial charge is 0.492 e. The van der Waals surface area contributed by atoms with E-state index in [-0.39, 0.29) is 17.9 Å². The number of carbonyl (C=O) groups is 1. The number of alkyl halides is 3. The predicted molar refractivity (Wildman–Crippen MR) is 90.9 cm³/mol. The van der Waals surface area contributed by atoms with Crippen LogP contribution in [0.4, 0.5) is 13.2 Å². The van der Waals surface area contributed by atoms with Crippen molar-refractivity contribution in [3.8, 4) is 5.75 Å². The fourth-order valence-corrected chi connectivity index (χ4v) is 4.04. The zero-order valence-electron chi connectivity index (χ0n) is 14.0. The highest BCUT2D eigenvalue weighted by Crippen LogP contribution is 2.51. The Bertz CT molecular complexity index is 722. The Kier molecular flexibility index (Phi) is 5.14. The Morgan fingerprint density at radius 1 is 1.28 bits per heavy atom. The zero-order chi connectivity index (χ0) is 18.2. The van der Waals surface area contributed by atoms with Gasteiger partial charge in [0.1, 0.15) is 11.3 Å². The predicted octanol–water partition coefficient (Wildman–Crippen LogP) is 5.76. The molecular weight excluding hydrogens is 353 g/mol. The van der Waals surface area contributed by atoms with Gasteiger partial charge in [0, 0.05) is 6.42 Å². The van der Waals surface area contributed by atoms with Crippen molar-refractivity contribution in [1.82, 2.24) is 0 Å². The van der Waals surface area contributed by atoms with Crippen molar-refractivity contribution in [3.63, 3.8) is 0 Å². The summed E-state index contributed by atoms with van der Waals surface area (Å²) in [4.78, 5) is 11.9. The number of ether oxygens (including phenoxy) is 1. The minimum atomic E-state index is -4.63. The van der Waals surface area contributed by atoms with Gasteiger partial charge >= 0.3 is 6.18 Å². The summed E-state index contributed by atoms with van der Waals surface area (Å²) in [6, 6.07) is 3.24. The molecule has 1 aromatic rings. The van der Waals surface area contributed by atoms with Gasteiger partial charge in [0.05, 0.1) is 11.6 Å². The Morgan fingerprint density at radius 3 is 2.72 bits per heavy atom. The third-order valence-corrected chi connectivity index (χ3v) is 5.33. The molecule has 0 amide bonds. The molecule has 136 valence electrons. The molecule has 0 N–H and O–H groups in total. The molecule has 3 rings (SSSR count). The molecule has 0 spiro atoms. The maximum atomic E-state index is 13.4. The van der Waals surface area contributed by atoms with Gasteiger partial charge in [-0.3, -0.25) is 4.79 Å². The van der Waals surface area contributed by atoms with Crippen LogP contribution in [0.25, 0.3) is 5.57 Å². The van der Waals surface area contributed by atoms with E-state index in [0.29, 0.717) is 41.3 Å². The number of hydrogen-bond donors (Lipinski definition) is 0. The van der Waals surface area contributed by atoms with Crippen molar-refractivity contribution in [2.45, 2.75) is 51.6 Å². The summed E-state index contributed by atoms with van der Waals surface area (Å²) in [7, 11) is 0. The van der Waals surface area contributed by atoms with Crippen LogP contribution in [0.15, 0.2) is 17.7 Å². The van der Waals surface area contributed by atoms with E-state index >= 15 is 0 Å². The van der Waals surface area contributed by atoms with Gasteiger partial charge in [-0.2, -0.15) is 13.2 Å². The van der Waals surface area contributed by atoms with Gasteiger partial charge in [0.15, 0.2) is 5.78 Å². The second kappa shape index (κ2) is 7.02. The maximum Gasteiger partial charge on any atom is 0.420 e. The van der Waals surface area contributed by atoms with Crippen molar-refractivity contribution in [1.29, 1.82) is 0 Å². The van der Waals surface area contributed by atoms with Crippen molar-refractivity contribution >= 4 is 23.0 Å². The fourth-order valence-electron chi connectivity index (χ4n) is 3.74. The van der Waals surface area contributed by atoms with E-state index < -0.39 is 17.5 Å². The van der Waals surface area contributed by atoms with Crippen LogP contribution in [0.1, 0.15) is 50.2 Å². The SMILES string of the molecule is CCCCCOc1ccc2c(c1Cl)CC1CCC(=O)C(C(F)(F)F)=C21. The Labute approximate surface area is 150 Å². The molecule has 0 fully saturated rings. The highest BCUT2D eigenvalue weighted by atomic mass is 35.5. The van der Waals surface area contributed by atoms with Crippen LogP contribution in [0.2, 0.25) is 5.02 Å². The van der Waals surface area contributed by atoms with Crippen LogP contribution in [-0.4, -0.2) is 18.6 Å². The summed E-state index contributed by atoms with van der Waals surface area (Å²) < 4.78 is 45.9. The zero-order valence-corrected chi connectivity index (χ0v) is 14.8. The van der Waals surface area contributed by atoms with Crippen molar-refractivity contribution in [3.05, 3.63) is 33.9 Å². The second-order valence-corrected chi connectivity index (χ2v) is 6.99. The highest BCUT2D eigenvalue weighted by Gasteiger charge is 2.47. The molecule has 1 unspecified atom stereocenters. The smallest absolute Gasteiger partial charge is 0.420 e. The van der Waals surface area contributed by atoms with Crippen LogP contribution in [0, 0.1) is 5.92 Å². The first-order chi connectivity index (χ1) is 11.8. The van der Waals surface area contributed by atoms with Gasteiger partial charge in [-0.15, -0.1) is 0 Å². The molecule has 6 heteroatoms. The third kappa shape index (κ3) is 3.43. The number of benzene rings is 1.